The molecule has 3 aromatic rings. The van der Waals surface area contributed by atoms with Gasteiger partial charge in [-0.25, -0.2) is 9.37 Å². The fourth-order valence-corrected chi connectivity index (χ4v) is 3.73. The first kappa shape index (κ1) is 19.1. The summed E-state index contributed by atoms with van der Waals surface area (Å²) in [6.07, 6.45) is 0.0606. The van der Waals surface area contributed by atoms with Crippen molar-refractivity contribution in [2.24, 2.45) is 11.8 Å². The zero-order valence-corrected chi connectivity index (χ0v) is 16.4. The Kier molecular flexibility index (Phi) is 5.05. The molecule has 150 valence electrons. The molecule has 29 heavy (non-hydrogen) atoms. The number of benzene rings is 2. The summed E-state index contributed by atoms with van der Waals surface area (Å²) in [4.78, 5) is 34.6. The maximum absolute atomic E-state index is 14.1. The number of halogens is 1. The third-order valence-corrected chi connectivity index (χ3v) is 5.31. The molecule has 6 nitrogen and oxygen atoms in total. The van der Waals surface area contributed by atoms with Gasteiger partial charge in [0.1, 0.15) is 11.6 Å². The molecule has 2 aromatic carbocycles. The number of hydrogen-bond donors (Lipinski definition) is 2. The fraction of sp³-hybridized carbons (Fsp3) is 0.318. The van der Waals surface area contributed by atoms with Gasteiger partial charge in [-0.15, -0.1) is 0 Å². The van der Waals surface area contributed by atoms with Crippen molar-refractivity contribution >= 4 is 28.5 Å². The molecule has 0 aliphatic carbocycles. The number of carbonyl (C=O) groups excluding carboxylic acids is 2. The van der Waals surface area contributed by atoms with Crippen molar-refractivity contribution < 1.29 is 14.0 Å². The Morgan fingerprint density at radius 1 is 1.21 bits per heavy atom. The van der Waals surface area contributed by atoms with Gasteiger partial charge in [-0.1, -0.05) is 38.1 Å². The van der Waals surface area contributed by atoms with Gasteiger partial charge in [-0.3, -0.25) is 9.59 Å². The van der Waals surface area contributed by atoms with Gasteiger partial charge in [-0.05, 0) is 30.2 Å². The molecule has 0 radical (unpaired) electrons. The quantitative estimate of drug-likeness (QED) is 0.694. The summed E-state index contributed by atoms with van der Waals surface area (Å²) in [5.74, 6) is -0.697. The number of nitrogens with one attached hydrogen (secondary N) is 2. The lowest BCUT2D eigenvalue weighted by Crippen LogP contribution is -2.38. The number of hydrogen-bond acceptors (Lipinski definition) is 3. The number of amides is 2. The average molecular weight is 394 g/mol. The second-order valence-corrected chi connectivity index (χ2v) is 7.73. The first-order chi connectivity index (χ1) is 13.9. The average Bonchev–Trinajstić information content (AvgIpc) is 3.29. The van der Waals surface area contributed by atoms with Crippen molar-refractivity contribution in [3.05, 3.63) is 60.2 Å². The molecule has 2 amide bonds. The number of aromatic amines is 1. The Balaban J connectivity index is 1.51. The number of H-pyrrole nitrogens is 1. The van der Waals surface area contributed by atoms with Crippen LogP contribution in [0.1, 0.15) is 32.1 Å². The van der Waals surface area contributed by atoms with Crippen molar-refractivity contribution in [3.63, 3.8) is 0 Å². The van der Waals surface area contributed by atoms with Crippen LogP contribution in [0.15, 0.2) is 48.5 Å². The Bertz CT molecular complexity index is 1030. The zero-order chi connectivity index (χ0) is 20.5. The highest BCUT2D eigenvalue weighted by Crippen LogP contribution is 2.29. The molecule has 0 unspecified atom stereocenters. The van der Waals surface area contributed by atoms with Crippen LogP contribution in [0.2, 0.25) is 0 Å². The number of imidazole rings is 1. The van der Waals surface area contributed by atoms with Crippen LogP contribution in [0.25, 0.3) is 11.0 Å². The molecule has 0 spiro atoms. The van der Waals surface area contributed by atoms with Crippen molar-refractivity contribution in [2.45, 2.75) is 26.3 Å². The highest BCUT2D eigenvalue weighted by Gasteiger charge is 2.37. The second-order valence-electron chi connectivity index (χ2n) is 7.73. The van der Waals surface area contributed by atoms with Crippen LogP contribution < -0.4 is 10.2 Å². The number of rotatable bonds is 5. The summed E-state index contributed by atoms with van der Waals surface area (Å²) < 4.78 is 14.1. The van der Waals surface area contributed by atoms with Gasteiger partial charge in [0.25, 0.3) is 0 Å². The third-order valence-electron chi connectivity index (χ3n) is 5.31. The van der Waals surface area contributed by atoms with E-state index in [4.69, 9.17) is 0 Å². The summed E-state index contributed by atoms with van der Waals surface area (Å²) >= 11 is 0. The molecule has 0 bridgehead atoms. The molecule has 4 rings (SSSR count). The SMILES string of the molecule is CC(C)[C@@H](NC(=O)[C@H]1CC(=O)N(c2ccccc2F)C1)c1nc2ccccc2[nH]1. The van der Waals surface area contributed by atoms with Crippen LogP contribution in [0.4, 0.5) is 10.1 Å². The number of anilines is 1. The third kappa shape index (κ3) is 3.72. The molecule has 2 heterocycles. The lowest BCUT2D eigenvalue weighted by Gasteiger charge is -2.22. The number of carbonyl (C=O) groups is 2. The van der Waals surface area contributed by atoms with Gasteiger partial charge >= 0.3 is 0 Å². The van der Waals surface area contributed by atoms with E-state index < -0.39 is 11.7 Å². The van der Waals surface area contributed by atoms with Crippen LogP contribution in [0.3, 0.4) is 0 Å². The van der Waals surface area contributed by atoms with E-state index in [0.717, 1.165) is 11.0 Å². The lowest BCUT2D eigenvalue weighted by molar-refractivity contribution is -0.127. The molecule has 7 heteroatoms. The molecule has 1 aromatic heterocycles. The van der Waals surface area contributed by atoms with Crippen molar-refractivity contribution in [2.75, 3.05) is 11.4 Å². The molecule has 1 aliphatic rings. The largest absolute Gasteiger partial charge is 0.346 e. The minimum absolute atomic E-state index is 0.0606. The molecule has 1 aliphatic heterocycles. The van der Waals surface area contributed by atoms with E-state index in [0.29, 0.717) is 5.82 Å². The highest BCUT2D eigenvalue weighted by molar-refractivity contribution is 6.00. The lowest BCUT2D eigenvalue weighted by atomic mass is 10.0. The summed E-state index contributed by atoms with van der Waals surface area (Å²) in [5, 5.41) is 3.04. The Morgan fingerprint density at radius 3 is 2.66 bits per heavy atom. The number of para-hydroxylation sites is 3. The van der Waals surface area contributed by atoms with Crippen molar-refractivity contribution in [1.82, 2.24) is 15.3 Å². The van der Waals surface area contributed by atoms with Gasteiger partial charge in [-0.2, -0.15) is 0 Å². The topological polar surface area (TPSA) is 78.1 Å². The summed E-state index contributed by atoms with van der Waals surface area (Å²) in [5.41, 5.74) is 1.96. The van der Waals surface area contributed by atoms with Crippen LogP contribution in [0.5, 0.6) is 0 Å². The van der Waals surface area contributed by atoms with Gasteiger partial charge in [0, 0.05) is 13.0 Å². The van der Waals surface area contributed by atoms with Crippen LogP contribution in [0, 0.1) is 17.7 Å². The Hall–Kier alpha value is -3.22. The molecular weight excluding hydrogens is 371 g/mol. The van der Waals surface area contributed by atoms with E-state index >= 15 is 0 Å². The van der Waals surface area contributed by atoms with Gasteiger partial charge < -0.3 is 15.2 Å². The van der Waals surface area contributed by atoms with Crippen LogP contribution in [-0.4, -0.2) is 28.3 Å². The molecular formula is C22H23FN4O2. The Labute approximate surface area is 168 Å². The van der Waals surface area contributed by atoms with E-state index in [1.807, 2.05) is 38.1 Å². The predicted molar refractivity (Wildman–Crippen MR) is 109 cm³/mol. The van der Waals surface area contributed by atoms with E-state index in [9.17, 15) is 14.0 Å². The minimum Gasteiger partial charge on any atom is -0.346 e. The van der Waals surface area contributed by atoms with Crippen LogP contribution in [-0.2, 0) is 9.59 Å². The first-order valence-electron chi connectivity index (χ1n) is 9.74. The maximum atomic E-state index is 14.1. The van der Waals surface area contributed by atoms with Gasteiger partial charge in [0.15, 0.2) is 0 Å². The molecule has 0 saturated carbocycles. The molecule has 1 fully saturated rings. The summed E-state index contributed by atoms with van der Waals surface area (Å²) in [6.45, 7) is 4.17. The van der Waals surface area contributed by atoms with E-state index in [1.54, 1.807) is 18.2 Å². The minimum atomic E-state index is -0.535. The summed E-state index contributed by atoms with van der Waals surface area (Å²) in [7, 11) is 0. The normalized spacial score (nSPS) is 17.9. The van der Waals surface area contributed by atoms with E-state index in [2.05, 4.69) is 15.3 Å². The highest BCUT2D eigenvalue weighted by atomic mass is 19.1. The molecule has 2 atom stereocenters. The van der Waals surface area contributed by atoms with E-state index in [-0.39, 0.29) is 42.4 Å². The van der Waals surface area contributed by atoms with Gasteiger partial charge in [0.05, 0.1) is 28.7 Å². The molecule has 2 N–H and O–H groups in total. The van der Waals surface area contributed by atoms with Gasteiger partial charge in [0.2, 0.25) is 11.8 Å². The maximum Gasteiger partial charge on any atom is 0.227 e. The first-order valence-corrected chi connectivity index (χ1v) is 9.74. The zero-order valence-electron chi connectivity index (χ0n) is 16.4. The van der Waals surface area contributed by atoms with E-state index in [1.165, 1.54) is 11.0 Å². The van der Waals surface area contributed by atoms with Crippen LogP contribution >= 0.6 is 0 Å². The second kappa shape index (κ2) is 7.66. The number of nitrogens with zero attached hydrogens (tertiary/aromatic N) is 2. The number of fused-ring (bicyclic) bond motifs is 1. The Morgan fingerprint density at radius 2 is 1.93 bits per heavy atom. The summed E-state index contributed by atoms with van der Waals surface area (Å²) in [6, 6.07) is 13.5. The molecule has 1 saturated heterocycles. The predicted octanol–water partition coefficient (Wildman–Crippen LogP) is 3.57. The van der Waals surface area contributed by atoms with Crippen molar-refractivity contribution in [3.8, 4) is 0 Å². The number of aromatic nitrogens is 2. The monoisotopic (exact) mass is 394 g/mol. The van der Waals surface area contributed by atoms with Crippen molar-refractivity contribution in [1.29, 1.82) is 0 Å². The smallest absolute Gasteiger partial charge is 0.227 e. The fourth-order valence-electron chi connectivity index (χ4n) is 3.73. The standard InChI is InChI=1S/C22H23FN4O2/c1-13(2)20(21-24-16-8-4-5-9-17(16)25-21)26-22(29)14-11-19(28)27(12-14)18-10-6-3-7-15(18)23/h3-10,13-14,20H,11-12H2,1-2H3,(H,24,25)(H,26,29)/t14-,20+/m0/s1.